The van der Waals surface area contributed by atoms with E-state index in [4.69, 9.17) is 11.6 Å². The summed E-state index contributed by atoms with van der Waals surface area (Å²) in [7, 11) is 0. The molecular weight excluding hydrogens is 348 g/mol. The largest absolute Gasteiger partial charge is 0.350 e. The predicted octanol–water partition coefficient (Wildman–Crippen LogP) is 3.83. The van der Waals surface area contributed by atoms with Gasteiger partial charge in [0.25, 0.3) is 0 Å². The maximum atomic E-state index is 12.3. The van der Waals surface area contributed by atoms with E-state index in [1.165, 1.54) is 11.0 Å². The number of hydrogen-bond donors (Lipinski definition) is 1. The van der Waals surface area contributed by atoms with Crippen LogP contribution in [0.3, 0.4) is 0 Å². The Bertz CT molecular complexity index is 785. The van der Waals surface area contributed by atoms with E-state index in [0.717, 1.165) is 16.7 Å². The van der Waals surface area contributed by atoms with Crippen molar-refractivity contribution in [3.05, 3.63) is 76.3 Å². The van der Waals surface area contributed by atoms with Gasteiger partial charge in [0.2, 0.25) is 11.8 Å². The Morgan fingerprint density at radius 1 is 1.15 bits per heavy atom. The van der Waals surface area contributed by atoms with Gasteiger partial charge in [-0.05, 0) is 43.2 Å². The lowest BCUT2D eigenvalue weighted by atomic mass is 10.1. The number of carbonyl (C=O) groups is 2. The first kappa shape index (κ1) is 19.7. The smallest absolute Gasteiger partial charge is 0.247 e. The first-order valence-corrected chi connectivity index (χ1v) is 8.90. The molecule has 0 unspecified atom stereocenters. The number of carbonyl (C=O) groups excluding carboxylic acids is 2. The Labute approximate surface area is 159 Å². The number of likely N-dealkylation sites (N-methyl/N-ethyl adjacent to an activating group) is 1. The van der Waals surface area contributed by atoms with Crippen molar-refractivity contribution in [3.8, 4) is 0 Å². The summed E-state index contributed by atoms with van der Waals surface area (Å²) in [5.41, 5.74) is 3.05. The SMILES string of the molecule is CCN(CC(=O)NCc1ccc(Cl)cc1)C(=O)/C=C/c1cccc(C)c1. The van der Waals surface area contributed by atoms with E-state index >= 15 is 0 Å². The van der Waals surface area contributed by atoms with Gasteiger partial charge >= 0.3 is 0 Å². The van der Waals surface area contributed by atoms with Crippen molar-refractivity contribution < 1.29 is 9.59 Å². The molecule has 0 fully saturated rings. The topological polar surface area (TPSA) is 49.4 Å². The van der Waals surface area contributed by atoms with Gasteiger partial charge in [-0.3, -0.25) is 9.59 Å². The fraction of sp³-hybridized carbons (Fsp3) is 0.238. The van der Waals surface area contributed by atoms with Crippen LogP contribution in [-0.4, -0.2) is 29.8 Å². The molecule has 0 aliphatic rings. The van der Waals surface area contributed by atoms with Crippen molar-refractivity contribution in [1.29, 1.82) is 0 Å². The summed E-state index contributed by atoms with van der Waals surface area (Å²) >= 11 is 5.84. The molecule has 2 aromatic carbocycles. The minimum atomic E-state index is -0.195. The van der Waals surface area contributed by atoms with Crippen LogP contribution in [0.15, 0.2) is 54.6 Å². The molecule has 0 spiro atoms. The molecule has 5 heteroatoms. The summed E-state index contributed by atoms with van der Waals surface area (Å²) in [6.45, 7) is 4.75. The Balaban J connectivity index is 1.87. The highest BCUT2D eigenvalue weighted by Gasteiger charge is 2.13. The summed E-state index contributed by atoms with van der Waals surface area (Å²) in [6.07, 6.45) is 3.27. The van der Waals surface area contributed by atoms with Crippen molar-refractivity contribution in [1.82, 2.24) is 10.2 Å². The standard InChI is InChI=1S/C21H23ClN2O2/c1-3-24(21(26)12-9-17-6-4-5-16(2)13-17)15-20(25)23-14-18-7-10-19(22)11-8-18/h4-13H,3,14-15H2,1-2H3,(H,23,25)/b12-9+. The van der Waals surface area contributed by atoms with Gasteiger partial charge < -0.3 is 10.2 Å². The summed E-state index contributed by atoms with van der Waals surface area (Å²) in [5, 5.41) is 3.48. The van der Waals surface area contributed by atoms with Gasteiger partial charge in [0.15, 0.2) is 0 Å². The van der Waals surface area contributed by atoms with Gasteiger partial charge in [0.05, 0.1) is 6.54 Å². The second-order valence-electron chi connectivity index (χ2n) is 6.00. The lowest BCUT2D eigenvalue weighted by Crippen LogP contribution is -2.39. The fourth-order valence-corrected chi connectivity index (χ4v) is 2.55. The van der Waals surface area contributed by atoms with Crippen LogP contribution >= 0.6 is 11.6 Å². The summed E-state index contributed by atoms with van der Waals surface area (Å²) in [6, 6.07) is 15.2. The number of benzene rings is 2. The highest BCUT2D eigenvalue weighted by atomic mass is 35.5. The molecule has 0 bridgehead atoms. The van der Waals surface area contributed by atoms with Crippen LogP contribution in [-0.2, 0) is 16.1 Å². The number of hydrogen-bond acceptors (Lipinski definition) is 2. The van der Waals surface area contributed by atoms with Crippen molar-refractivity contribution in [2.75, 3.05) is 13.1 Å². The summed E-state index contributed by atoms with van der Waals surface area (Å²) < 4.78 is 0. The molecule has 2 aromatic rings. The molecule has 0 heterocycles. The number of nitrogens with one attached hydrogen (secondary N) is 1. The van der Waals surface area contributed by atoms with Gasteiger partial charge in [0, 0.05) is 24.2 Å². The van der Waals surface area contributed by atoms with Crippen LogP contribution in [0.1, 0.15) is 23.6 Å². The number of rotatable bonds is 7. The van der Waals surface area contributed by atoms with Gasteiger partial charge in [-0.25, -0.2) is 0 Å². The van der Waals surface area contributed by atoms with Gasteiger partial charge in [-0.15, -0.1) is 0 Å². The molecule has 2 rings (SSSR count). The third kappa shape index (κ3) is 6.37. The van der Waals surface area contributed by atoms with Gasteiger partial charge in [0.1, 0.15) is 0 Å². The minimum Gasteiger partial charge on any atom is -0.350 e. The highest BCUT2D eigenvalue weighted by molar-refractivity contribution is 6.30. The number of nitrogens with zero attached hydrogens (tertiary/aromatic N) is 1. The molecule has 0 saturated carbocycles. The first-order valence-electron chi connectivity index (χ1n) is 8.52. The van der Waals surface area contributed by atoms with Crippen LogP contribution in [0.4, 0.5) is 0 Å². The molecule has 26 heavy (non-hydrogen) atoms. The monoisotopic (exact) mass is 370 g/mol. The van der Waals surface area contributed by atoms with Crippen LogP contribution < -0.4 is 5.32 Å². The maximum absolute atomic E-state index is 12.3. The molecule has 0 saturated heterocycles. The van der Waals surface area contributed by atoms with E-state index in [9.17, 15) is 9.59 Å². The molecule has 0 aliphatic heterocycles. The predicted molar refractivity (Wildman–Crippen MR) is 106 cm³/mol. The van der Waals surface area contributed by atoms with Crippen molar-refractivity contribution in [2.24, 2.45) is 0 Å². The third-order valence-electron chi connectivity index (χ3n) is 3.89. The zero-order valence-corrected chi connectivity index (χ0v) is 15.8. The van der Waals surface area contributed by atoms with E-state index in [0.29, 0.717) is 18.1 Å². The number of amides is 2. The lowest BCUT2D eigenvalue weighted by molar-refractivity contribution is -0.132. The Kier molecular flexibility index (Phi) is 7.42. The number of aryl methyl sites for hydroxylation is 1. The van der Waals surface area contributed by atoms with E-state index in [1.54, 1.807) is 18.2 Å². The molecule has 2 amide bonds. The van der Waals surface area contributed by atoms with Crippen molar-refractivity contribution in [2.45, 2.75) is 20.4 Å². The Morgan fingerprint density at radius 3 is 2.54 bits per heavy atom. The van der Waals surface area contributed by atoms with Crippen molar-refractivity contribution in [3.63, 3.8) is 0 Å². The van der Waals surface area contributed by atoms with Gasteiger partial charge in [-0.2, -0.15) is 0 Å². The van der Waals surface area contributed by atoms with Crippen LogP contribution in [0.5, 0.6) is 0 Å². The summed E-state index contributed by atoms with van der Waals surface area (Å²) in [5.74, 6) is -0.380. The lowest BCUT2D eigenvalue weighted by Gasteiger charge is -2.18. The normalized spacial score (nSPS) is 10.7. The molecule has 1 N–H and O–H groups in total. The molecule has 0 atom stereocenters. The van der Waals surface area contributed by atoms with Crippen molar-refractivity contribution >= 4 is 29.5 Å². The summed E-state index contributed by atoms with van der Waals surface area (Å²) in [4.78, 5) is 25.9. The first-order chi connectivity index (χ1) is 12.5. The number of halogens is 1. The van der Waals surface area contributed by atoms with Crippen LogP contribution in [0, 0.1) is 6.92 Å². The zero-order chi connectivity index (χ0) is 18.9. The molecule has 136 valence electrons. The Hall–Kier alpha value is -2.59. The van der Waals surface area contributed by atoms with Gasteiger partial charge in [-0.1, -0.05) is 53.6 Å². The average molecular weight is 371 g/mol. The average Bonchev–Trinajstić information content (AvgIpc) is 2.63. The zero-order valence-electron chi connectivity index (χ0n) is 15.0. The molecule has 0 aliphatic carbocycles. The second-order valence-corrected chi connectivity index (χ2v) is 6.44. The van der Waals surface area contributed by atoms with E-state index in [2.05, 4.69) is 5.32 Å². The minimum absolute atomic E-state index is 0.0288. The highest BCUT2D eigenvalue weighted by Crippen LogP contribution is 2.09. The van der Waals surface area contributed by atoms with Crippen LogP contribution in [0.25, 0.3) is 6.08 Å². The molecule has 0 aromatic heterocycles. The van der Waals surface area contributed by atoms with E-state index < -0.39 is 0 Å². The molecule has 0 radical (unpaired) electrons. The Morgan fingerprint density at radius 2 is 1.88 bits per heavy atom. The quantitative estimate of drug-likeness (QED) is 0.753. The second kappa shape index (κ2) is 9.78. The molecule has 4 nitrogen and oxygen atoms in total. The maximum Gasteiger partial charge on any atom is 0.247 e. The van der Waals surface area contributed by atoms with E-state index in [-0.39, 0.29) is 18.4 Å². The van der Waals surface area contributed by atoms with E-state index in [1.807, 2.05) is 50.2 Å². The molecular formula is C21H23ClN2O2. The van der Waals surface area contributed by atoms with Crippen LogP contribution in [0.2, 0.25) is 5.02 Å². The fourth-order valence-electron chi connectivity index (χ4n) is 2.42. The third-order valence-corrected chi connectivity index (χ3v) is 4.14.